The number of fused-ring (bicyclic) bond motifs is 1. The molecule has 4 aromatic rings. The molecule has 0 bridgehead atoms. The highest BCUT2D eigenvalue weighted by atomic mass is 79.9. The Morgan fingerprint density at radius 2 is 1.76 bits per heavy atom. The first kappa shape index (κ1) is 16.8. The molecule has 0 fully saturated rings. The molecule has 0 aliphatic rings. The van der Waals surface area contributed by atoms with E-state index < -0.39 is 0 Å². The van der Waals surface area contributed by atoms with Crippen LogP contribution in [0.2, 0.25) is 0 Å². The summed E-state index contributed by atoms with van der Waals surface area (Å²) in [6, 6.07) is 19.0. The number of hydrogen-bond donors (Lipinski definition) is 0. The Morgan fingerprint density at radius 1 is 1.00 bits per heavy atom. The first-order chi connectivity index (χ1) is 12.2. The van der Waals surface area contributed by atoms with E-state index in [1.807, 2.05) is 6.07 Å². The number of nitrogens with zero attached hydrogens (tertiary/aromatic N) is 2. The summed E-state index contributed by atoms with van der Waals surface area (Å²) in [7, 11) is 0. The normalized spacial score (nSPS) is 11.1. The van der Waals surface area contributed by atoms with Gasteiger partial charge >= 0.3 is 0 Å². The molecule has 2 aromatic carbocycles. The first-order valence-corrected chi connectivity index (χ1v) is 10.5. The fourth-order valence-electron chi connectivity index (χ4n) is 2.81. The number of hydrogen-bond acceptors (Lipinski definition) is 4. The van der Waals surface area contributed by atoms with Crippen molar-refractivity contribution in [2.24, 2.45) is 0 Å². The van der Waals surface area contributed by atoms with E-state index in [4.69, 9.17) is 0 Å². The Kier molecular flexibility index (Phi) is 4.88. The lowest BCUT2D eigenvalue weighted by atomic mass is 10.0. The van der Waals surface area contributed by atoms with Crippen molar-refractivity contribution in [1.29, 1.82) is 0 Å². The summed E-state index contributed by atoms with van der Waals surface area (Å²) in [5, 5.41) is 2.23. The lowest BCUT2D eigenvalue weighted by Gasteiger charge is -2.06. The van der Waals surface area contributed by atoms with Crippen molar-refractivity contribution >= 4 is 49.2 Å². The van der Waals surface area contributed by atoms with E-state index in [0.29, 0.717) is 0 Å². The third kappa shape index (κ3) is 3.50. The molecule has 5 heteroatoms. The van der Waals surface area contributed by atoms with E-state index in [-0.39, 0.29) is 0 Å². The molecule has 0 N–H and O–H groups in total. The van der Waals surface area contributed by atoms with Gasteiger partial charge in [0, 0.05) is 20.7 Å². The van der Waals surface area contributed by atoms with Gasteiger partial charge in [0.1, 0.15) is 16.2 Å². The van der Waals surface area contributed by atoms with Crippen molar-refractivity contribution in [2.45, 2.75) is 17.7 Å². The maximum absolute atomic E-state index is 4.59. The summed E-state index contributed by atoms with van der Waals surface area (Å²) in [5.41, 5.74) is 3.78. The fourth-order valence-corrected chi connectivity index (χ4v) is 5.11. The molecule has 2 heterocycles. The Balaban J connectivity index is 1.75. The van der Waals surface area contributed by atoms with Gasteiger partial charge in [-0.25, -0.2) is 9.97 Å². The second-order valence-corrected chi connectivity index (χ2v) is 8.76. The molecule has 2 nitrogen and oxygen atoms in total. The minimum atomic E-state index is 0.891. The van der Waals surface area contributed by atoms with Gasteiger partial charge in [0.15, 0.2) is 0 Å². The number of aryl methyl sites for hydroxylation is 1. The number of halogens is 1. The van der Waals surface area contributed by atoms with Crippen LogP contribution in [0.15, 0.2) is 70.4 Å². The molecular weight excluding hydrogens is 412 g/mol. The van der Waals surface area contributed by atoms with Crippen molar-refractivity contribution in [3.05, 3.63) is 75.8 Å². The molecule has 2 aromatic heterocycles. The van der Waals surface area contributed by atoms with E-state index >= 15 is 0 Å². The smallest absolute Gasteiger partial charge is 0.128 e. The second-order valence-electron chi connectivity index (χ2n) is 5.67. The number of benzene rings is 2. The number of thioether (sulfide) groups is 1. The standard InChI is InChI=1S/C20H15BrN2S2/c1-13-17(15-5-3-2-4-6-15)18-19(22-12-23-20(18)25-13)24-11-14-7-9-16(21)10-8-14/h2-10,12H,11H2,1H3. The van der Waals surface area contributed by atoms with Crippen molar-refractivity contribution in [3.8, 4) is 11.1 Å². The zero-order chi connectivity index (χ0) is 17.2. The Bertz CT molecular complexity index is 1010. The summed E-state index contributed by atoms with van der Waals surface area (Å²) in [4.78, 5) is 11.4. The molecule has 0 aliphatic heterocycles. The average molecular weight is 427 g/mol. The van der Waals surface area contributed by atoms with Crippen LogP contribution in [-0.4, -0.2) is 9.97 Å². The second kappa shape index (κ2) is 7.28. The highest BCUT2D eigenvalue weighted by Gasteiger charge is 2.16. The predicted molar refractivity (Wildman–Crippen MR) is 111 cm³/mol. The first-order valence-electron chi connectivity index (χ1n) is 7.89. The Labute approximate surface area is 163 Å². The van der Waals surface area contributed by atoms with E-state index in [2.05, 4.69) is 81.4 Å². The van der Waals surface area contributed by atoms with Crippen LogP contribution >= 0.6 is 39.0 Å². The van der Waals surface area contributed by atoms with E-state index in [9.17, 15) is 0 Å². The SMILES string of the molecule is Cc1sc2ncnc(SCc3ccc(Br)cc3)c2c1-c1ccccc1. The highest BCUT2D eigenvalue weighted by molar-refractivity contribution is 9.10. The Morgan fingerprint density at radius 3 is 2.52 bits per heavy atom. The molecule has 0 saturated carbocycles. The van der Waals surface area contributed by atoms with Crippen LogP contribution in [0.1, 0.15) is 10.4 Å². The largest absolute Gasteiger partial charge is 0.229 e. The van der Waals surface area contributed by atoms with Crippen molar-refractivity contribution in [2.75, 3.05) is 0 Å². The highest BCUT2D eigenvalue weighted by Crippen LogP contribution is 2.41. The molecular formula is C20H15BrN2S2. The van der Waals surface area contributed by atoms with Crippen LogP contribution < -0.4 is 0 Å². The molecule has 0 aliphatic carbocycles. The Hall–Kier alpha value is -1.69. The predicted octanol–water partition coefficient (Wildman–Crippen LogP) is 6.72. The monoisotopic (exact) mass is 426 g/mol. The number of rotatable bonds is 4. The van der Waals surface area contributed by atoms with Crippen LogP contribution in [0.5, 0.6) is 0 Å². The minimum Gasteiger partial charge on any atom is -0.229 e. The zero-order valence-electron chi connectivity index (χ0n) is 13.6. The molecule has 0 unspecified atom stereocenters. The van der Waals surface area contributed by atoms with Crippen molar-refractivity contribution < 1.29 is 0 Å². The maximum Gasteiger partial charge on any atom is 0.128 e. The average Bonchev–Trinajstić information content (AvgIpc) is 2.98. The minimum absolute atomic E-state index is 0.891. The van der Waals surface area contributed by atoms with Crippen LogP contribution in [-0.2, 0) is 5.75 Å². The molecule has 25 heavy (non-hydrogen) atoms. The van der Waals surface area contributed by atoms with Gasteiger partial charge in [0.05, 0.1) is 5.39 Å². The maximum atomic E-state index is 4.59. The van der Waals surface area contributed by atoms with E-state index in [0.717, 1.165) is 20.1 Å². The van der Waals surface area contributed by atoms with Gasteiger partial charge in [-0.15, -0.1) is 23.1 Å². The van der Waals surface area contributed by atoms with Gasteiger partial charge in [-0.3, -0.25) is 0 Å². The van der Waals surface area contributed by atoms with Crippen LogP contribution in [0.25, 0.3) is 21.3 Å². The third-order valence-electron chi connectivity index (χ3n) is 3.98. The summed E-state index contributed by atoms with van der Waals surface area (Å²) < 4.78 is 1.10. The van der Waals surface area contributed by atoms with E-state index in [1.54, 1.807) is 29.4 Å². The lowest BCUT2D eigenvalue weighted by molar-refractivity contribution is 1.11. The topological polar surface area (TPSA) is 25.8 Å². The van der Waals surface area contributed by atoms with Crippen molar-refractivity contribution in [3.63, 3.8) is 0 Å². The molecule has 0 atom stereocenters. The molecule has 0 spiro atoms. The van der Waals surface area contributed by atoms with Gasteiger partial charge in [-0.2, -0.15) is 0 Å². The molecule has 4 rings (SSSR count). The summed E-state index contributed by atoms with van der Waals surface area (Å²) in [5.74, 6) is 0.891. The third-order valence-corrected chi connectivity index (χ3v) is 6.58. The van der Waals surface area contributed by atoms with Gasteiger partial charge < -0.3 is 0 Å². The molecule has 0 radical (unpaired) electrons. The number of thiophene rings is 1. The quantitative estimate of drug-likeness (QED) is 0.267. The van der Waals surface area contributed by atoms with Crippen LogP contribution in [0.3, 0.4) is 0 Å². The lowest BCUT2D eigenvalue weighted by Crippen LogP contribution is -1.88. The fraction of sp³-hybridized carbons (Fsp3) is 0.100. The molecule has 124 valence electrons. The van der Waals surface area contributed by atoms with Crippen LogP contribution in [0, 0.1) is 6.92 Å². The number of aromatic nitrogens is 2. The summed E-state index contributed by atoms with van der Waals surface area (Å²) in [6.07, 6.45) is 1.68. The van der Waals surface area contributed by atoms with Gasteiger partial charge in [0.25, 0.3) is 0 Å². The molecule has 0 saturated heterocycles. The van der Waals surface area contributed by atoms with Crippen LogP contribution in [0.4, 0.5) is 0 Å². The van der Waals surface area contributed by atoms with E-state index in [1.165, 1.54) is 27.0 Å². The zero-order valence-corrected chi connectivity index (χ0v) is 16.8. The van der Waals surface area contributed by atoms with Gasteiger partial charge in [-0.05, 0) is 30.2 Å². The molecule has 0 amide bonds. The summed E-state index contributed by atoms with van der Waals surface area (Å²) in [6.45, 7) is 2.16. The van der Waals surface area contributed by atoms with Gasteiger partial charge in [0.2, 0.25) is 0 Å². The summed E-state index contributed by atoms with van der Waals surface area (Å²) >= 11 is 7.00. The van der Waals surface area contributed by atoms with Crippen molar-refractivity contribution in [1.82, 2.24) is 9.97 Å². The van der Waals surface area contributed by atoms with Gasteiger partial charge in [-0.1, -0.05) is 58.4 Å².